The largest absolute Gasteiger partial charge is 0.481 e. The first kappa shape index (κ1) is 22.3. The number of amides is 2. The van der Waals surface area contributed by atoms with E-state index >= 15 is 0 Å². The van der Waals surface area contributed by atoms with Crippen LogP contribution >= 0.6 is 0 Å². The number of anilines is 1. The molecule has 1 aliphatic heterocycles. The highest BCUT2D eigenvalue weighted by atomic mass is 32.2. The van der Waals surface area contributed by atoms with E-state index in [2.05, 4.69) is 19.8 Å². The molecule has 2 aromatic heterocycles. The number of hydrogen-bond donors (Lipinski definition) is 2. The Hall–Kier alpha value is -3.51. The summed E-state index contributed by atoms with van der Waals surface area (Å²) in [5, 5.41) is 12.8. The predicted molar refractivity (Wildman–Crippen MR) is 123 cm³/mol. The van der Waals surface area contributed by atoms with Crippen molar-refractivity contribution in [2.75, 3.05) is 12.4 Å². The highest BCUT2D eigenvalue weighted by molar-refractivity contribution is 7.91. The lowest BCUT2D eigenvalue weighted by Crippen LogP contribution is -2.19. The third kappa shape index (κ3) is 3.88. The average molecular weight is 487 g/mol. The fourth-order valence-corrected chi connectivity index (χ4v) is 5.36. The highest BCUT2D eigenvalue weighted by Gasteiger charge is 2.29. The summed E-state index contributed by atoms with van der Waals surface area (Å²) in [7, 11) is -2.17. The molecule has 3 heterocycles. The molecule has 178 valence electrons. The molecule has 34 heavy (non-hydrogen) atoms. The second kappa shape index (κ2) is 8.37. The van der Waals surface area contributed by atoms with Gasteiger partial charge in [0.25, 0.3) is 0 Å². The summed E-state index contributed by atoms with van der Waals surface area (Å²) in [6, 6.07) is 3.78. The van der Waals surface area contributed by atoms with Crippen molar-refractivity contribution >= 4 is 21.6 Å². The molecule has 2 aliphatic rings. The topological polar surface area (TPSA) is 134 Å². The molecule has 5 rings (SSSR count). The van der Waals surface area contributed by atoms with Crippen LogP contribution in [0.2, 0.25) is 0 Å². The Kier molecular flexibility index (Phi) is 5.48. The number of aromatic nitrogens is 3. The molecular weight excluding hydrogens is 463 g/mol. The molecule has 2 atom stereocenters. The van der Waals surface area contributed by atoms with E-state index in [4.69, 9.17) is 14.6 Å². The van der Waals surface area contributed by atoms with Crippen molar-refractivity contribution in [1.82, 2.24) is 14.8 Å². The van der Waals surface area contributed by atoms with Gasteiger partial charge in [0.2, 0.25) is 11.8 Å². The number of halogens is 1. The highest BCUT2D eigenvalue weighted by Crippen LogP contribution is 2.40. The maximum Gasteiger partial charge on any atom is 0.354 e. The zero-order valence-electron chi connectivity index (χ0n) is 18.6. The van der Waals surface area contributed by atoms with Crippen molar-refractivity contribution in [2.24, 2.45) is 9.50 Å². The summed E-state index contributed by atoms with van der Waals surface area (Å²) in [4.78, 5) is 17.1. The molecule has 0 unspecified atom stereocenters. The van der Waals surface area contributed by atoms with Crippen LogP contribution in [0.3, 0.4) is 0 Å². The molecular formula is C22H23FN6O4S. The molecule has 3 N–H and O–H groups in total. The molecule has 1 aromatic carbocycles. The normalized spacial score (nSPS) is 17.9. The van der Waals surface area contributed by atoms with Gasteiger partial charge in [0, 0.05) is 17.8 Å². The van der Waals surface area contributed by atoms with Crippen LogP contribution in [-0.4, -0.2) is 38.2 Å². The second-order valence-electron chi connectivity index (χ2n) is 8.19. The lowest BCUT2D eigenvalue weighted by molar-refractivity contribution is 0.248. The quantitative estimate of drug-likeness (QED) is 0.581. The number of carbonyl (C=O) groups is 1. The van der Waals surface area contributed by atoms with Gasteiger partial charge in [0.1, 0.15) is 16.8 Å². The van der Waals surface area contributed by atoms with E-state index in [1.165, 1.54) is 30.3 Å². The lowest BCUT2D eigenvalue weighted by atomic mass is 9.97. The van der Waals surface area contributed by atoms with Crippen LogP contribution in [0.25, 0.3) is 11.1 Å². The Labute approximate surface area is 195 Å². The summed E-state index contributed by atoms with van der Waals surface area (Å²) in [5.41, 5.74) is 2.67. The maximum atomic E-state index is 14.9. The Morgan fingerprint density at radius 3 is 2.97 bits per heavy atom. The Morgan fingerprint density at radius 1 is 1.38 bits per heavy atom. The van der Waals surface area contributed by atoms with Crippen LogP contribution in [0.1, 0.15) is 24.5 Å². The van der Waals surface area contributed by atoms with Gasteiger partial charge in [-0.1, -0.05) is 0 Å². The van der Waals surface area contributed by atoms with Gasteiger partial charge in [-0.3, -0.25) is 0 Å². The van der Waals surface area contributed by atoms with Gasteiger partial charge in [-0.25, -0.2) is 28.2 Å². The number of carbonyl (C=O) groups excluding carboxylic acids is 1. The summed E-state index contributed by atoms with van der Waals surface area (Å²) >= 11 is 0. The second-order valence-corrected chi connectivity index (χ2v) is 9.95. The number of benzene rings is 1. The average Bonchev–Trinajstić information content (AvgIpc) is 3.51. The monoisotopic (exact) mass is 486 g/mol. The number of urea groups is 1. The first-order valence-corrected chi connectivity index (χ1v) is 12.3. The minimum atomic E-state index is -3.64. The minimum absolute atomic E-state index is 0.0513. The van der Waals surface area contributed by atoms with Crippen molar-refractivity contribution in [3.63, 3.8) is 0 Å². The molecule has 1 aliphatic carbocycles. The van der Waals surface area contributed by atoms with Crippen LogP contribution < -0.4 is 19.9 Å². The summed E-state index contributed by atoms with van der Waals surface area (Å²) in [6.07, 6.45) is 4.56. The van der Waals surface area contributed by atoms with Gasteiger partial charge in [-0.15, -0.1) is 4.36 Å². The van der Waals surface area contributed by atoms with Crippen molar-refractivity contribution in [2.45, 2.75) is 43.7 Å². The predicted octanol–water partition coefficient (Wildman–Crippen LogP) is 3.30. The molecule has 0 radical (unpaired) electrons. The number of nitrogens with two attached hydrogens (primary N) is 1. The Balaban J connectivity index is 1.55. The Morgan fingerprint density at radius 2 is 2.18 bits per heavy atom. The van der Waals surface area contributed by atoms with Gasteiger partial charge >= 0.3 is 6.03 Å². The number of methoxy groups -OCH3 is 1. The standard InChI is InChI=1S/C22H23FN6O4S/c1-12-11-29-21(33-12)18(10-26-29)34(24,31)28-22(30)27-20-15-5-3-4-14(15)17(23)9-16(20)13-6-7-25-19(8-13)32-2/h6-10,12H,3-5,11H2,1-2H3,(H3,24,27,28,30,31)/t12-,34+/m1/s1. The fraction of sp³-hybridized carbons (Fsp3) is 0.318. The molecule has 0 saturated carbocycles. The van der Waals surface area contributed by atoms with Crippen molar-refractivity contribution in [3.8, 4) is 22.9 Å². The SMILES string of the molecule is COc1cc(-c2cc(F)c3c(c2NC(=O)N=[S@](N)(=O)c2cnn4c2O[C@H](C)C4)CCC3)ccn1. The number of nitrogens with one attached hydrogen (secondary N) is 1. The number of rotatable bonds is 4. The summed E-state index contributed by atoms with van der Waals surface area (Å²) in [6.45, 7) is 2.32. The van der Waals surface area contributed by atoms with Crippen molar-refractivity contribution in [1.29, 1.82) is 0 Å². The first-order valence-electron chi connectivity index (χ1n) is 10.7. The summed E-state index contributed by atoms with van der Waals surface area (Å²) < 4.78 is 44.2. The van der Waals surface area contributed by atoms with Crippen LogP contribution in [0.4, 0.5) is 14.9 Å². The number of ether oxygens (including phenoxy) is 2. The molecule has 12 heteroatoms. The molecule has 0 saturated heterocycles. The smallest absolute Gasteiger partial charge is 0.354 e. The molecule has 0 spiro atoms. The molecule has 0 bridgehead atoms. The Bertz CT molecular complexity index is 1430. The van der Waals surface area contributed by atoms with E-state index < -0.39 is 15.9 Å². The van der Waals surface area contributed by atoms with Gasteiger partial charge < -0.3 is 14.8 Å². The van der Waals surface area contributed by atoms with Crippen molar-refractivity contribution < 1.29 is 22.9 Å². The van der Waals surface area contributed by atoms with E-state index in [0.717, 1.165) is 6.42 Å². The third-order valence-corrected chi connectivity index (χ3v) is 7.22. The van der Waals surface area contributed by atoms with Crippen molar-refractivity contribution in [3.05, 3.63) is 47.5 Å². The molecule has 0 fully saturated rings. The van der Waals surface area contributed by atoms with Crippen LogP contribution in [0, 0.1) is 5.82 Å². The maximum absolute atomic E-state index is 14.9. The van der Waals surface area contributed by atoms with Crippen LogP contribution in [-0.2, 0) is 29.3 Å². The zero-order valence-corrected chi connectivity index (χ0v) is 19.4. The van der Waals surface area contributed by atoms with E-state index in [-0.39, 0.29) is 22.7 Å². The number of nitrogens with zero attached hydrogens (tertiary/aromatic N) is 4. The third-order valence-electron chi connectivity index (χ3n) is 5.87. The van der Waals surface area contributed by atoms with Crippen LogP contribution in [0.15, 0.2) is 39.9 Å². The number of pyridine rings is 1. The van der Waals surface area contributed by atoms with Gasteiger partial charge in [0.15, 0.2) is 9.92 Å². The molecule has 2 amide bonds. The number of fused-ring (bicyclic) bond motifs is 2. The van der Waals surface area contributed by atoms with Gasteiger partial charge in [-0.2, -0.15) is 5.10 Å². The van der Waals surface area contributed by atoms with E-state index in [1.54, 1.807) is 12.1 Å². The van der Waals surface area contributed by atoms with Crippen LogP contribution in [0.5, 0.6) is 11.8 Å². The van der Waals surface area contributed by atoms with Gasteiger partial charge in [0.05, 0.1) is 25.5 Å². The first-order chi connectivity index (χ1) is 16.3. The van der Waals surface area contributed by atoms with E-state index in [9.17, 15) is 13.4 Å². The number of hydrogen-bond acceptors (Lipinski definition) is 6. The fourth-order valence-electron chi connectivity index (χ4n) is 4.37. The van der Waals surface area contributed by atoms with E-state index in [1.807, 2.05) is 6.92 Å². The molecule has 3 aromatic rings. The van der Waals surface area contributed by atoms with Gasteiger partial charge in [-0.05, 0) is 55.0 Å². The molecule has 10 nitrogen and oxygen atoms in total. The zero-order chi connectivity index (χ0) is 24.0. The summed E-state index contributed by atoms with van der Waals surface area (Å²) in [5.74, 6) is 0.232. The minimum Gasteiger partial charge on any atom is -0.481 e. The van der Waals surface area contributed by atoms with E-state index in [0.29, 0.717) is 53.2 Å². The lowest BCUT2D eigenvalue weighted by Gasteiger charge is -2.16.